The fourth-order valence-corrected chi connectivity index (χ4v) is 3.83. The number of hydrogen-bond donors (Lipinski definition) is 1. The van der Waals surface area contributed by atoms with Gasteiger partial charge >= 0.3 is 0 Å². The van der Waals surface area contributed by atoms with Crippen molar-refractivity contribution in [2.75, 3.05) is 13.8 Å². The summed E-state index contributed by atoms with van der Waals surface area (Å²) in [7, 11) is 1.95. The predicted octanol–water partition coefficient (Wildman–Crippen LogP) is 3.76. The van der Waals surface area contributed by atoms with E-state index in [9.17, 15) is 4.79 Å². The highest BCUT2D eigenvalue weighted by Crippen LogP contribution is 2.43. The molecule has 138 valence electrons. The van der Waals surface area contributed by atoms with E-state index in [-0.39, 0.29) is 12.8 Å². The van der Waals surface area contributed by atoms with Gasteiger partial charge in [0.15, 0.2) is 11.5 Å². The number of allylic oxidation sites excluding steroid dienone is 2. The number of carbonyl (C=O) groups excluding carboxylic acids is 1. The van der Waals surface area contributed by atoms with Crippen molar-refractivity contribution in [1.29, 1.82) is 0 Å². The SMILES string of the molecule is CN1C(C(C(N)=O)c2cc3c(cc2Cl)OCO3)=CC=CC1c1ccccc1. The van der Waals surface area contributed by atoms with Crippen LogP contribution >= 0.6 is 11.6 Å². The van der Waals surface area contributed by atoms with Crippen LogP contribution in [0.3, 0.4) is 0 Å². The van der Waals surface area contributed by atoms with Gasteiger partial charge in [0.2, 0.25) is 12.7 Å². The molecule has 2 atom stereocenters. The Balaban J connectivity index is 1.74. The number of halogens is 1. The number of benzene rings is 2. The van der Waals surface area contributed by atoms with Crippen molar-refractivity contribution in [1.82, 2.24) is 4.90 Å². The molecule has 0 fully saturated rings. The third-order valence-electron chi connectivity index (χ3n) is 4.91. The maximum absolute atomic E-state index is 12.4. The molecule has 2 aromatic rings. The summed E-state index contributed by atoms with van der Waals surface area (Å²) in [6.45, 7) is 0.137. The third-order valence-corrected chi connectivity index (χ3v) is 5.24. The van der Waals surface area contributed by atoms with Crippen LogP contribution in [0.15, 0.2) is 66.4 Å². The summed E-state index contributed by atoms with van der Waals surface area (Å²) in [6.07, 6.45) is 5.93. The number of nitrogens with two attached hydrogens (primary N) is 1. The van der Waals surface area contributed by atoms with Crippen molar-refractivity contribution in [2.45, 2.75) is 12.0 Å². The fraction of sp³-hybridized carbons (Fsp3) is 0.190. The van der Waals surface area contributed by atoms with Gasteiger partial charge in [0.05, 0.1) is 6.04 Å². The molecule has 2 aliphatic heterocycles. The van der Waals surface area contributed by atoms with Crippen molar-refractivity contribution in [3.05, 3.63) is 82.5 Å². The smallest absolute Gasteiger partial charge is 0.231 e. The Hall–Kier alpha value is -2.92. The van der Waals surface area contributed by atoms with Gasteiger partial charge in [-0.3, -0.25) is 4.79 Å². The standard InChI is InChI=1S/C21H19ClN2O3/c1-24-16(13-6-3-2-4-7-13)8-5-9-17(24)20(21(23)25)14-10-18-19(11-15(14)22)27-12-26-18/h2-11,16,20H,12H2,1H3,(H2,23,25). The summed E-state index contributed by atoms with van der Waals surface area (Å²) in [5.74, 6) is -0.0426. The molecule has 0 bridgehead atoms. The first kappa shape index (κ1) is 17.5. The Morgan fingerprint density at radius 3 is 2.63 bits per heavy atom. The number of amides is 1. The van der Waals surface area contributed by atoms with E-state index in [1.807, 2.05) is 42.3 Å². The summed E-state index contributed by atoms with van der Waals surface area (Å²) in [4.78, 5) is 14.5. The normalized spacial score (nSPS) is 19.0. The lowest BCUT2D eigenvalue weighted by Gasteiger charge is -2.36. The van der Waals surface area contributed by atoms with E-state index in [4.69, 9.17) is 26.8 Å². The minimum Gasteiger partial charge on any atom is -0.454 e. The maximum Gasteiger partial charge on any atom is 0.231 e. The Kier molecular flexibility index (Phi) is 4.54. The molecule has 0 aliphatic carbocycles. The molecule has 2 heterocycles. The van der Waals surface area contributed by atoms with Gasteiger partial charge in [0.25, 0.3) is 0 Å². The molecule has 2 N–H and O–H groups in total. The maximum atomic E-state index is 12.4. The molecule has 27 heavy (non-hydrogen) atoms. The van der Waals surface area contributed by atoms with Gasteiger partial charge in [-0.15, -0.1) is 0 Å². The van der Waals surface area contributed by atoms with Crippen LogP contribution in [-0.2, 0) is 4.79 Å². The Morgan fingerprint density at radius 1 is 1.22 bits per heavy atom. The Labute approximate surface area is 162 Å². The lowest BCUT2D eigenvalue weighted by Crippen LogP contribution is -2.34. The van der Waals surface area contributed by atoms with Crippen LogP contribution in [0.25, 0.3) is 0 Å². The van der Waals surface area contributed by atoms with Crippen LogP contribution in [-0.4, -0.2) is 24.6 Å². The van der Waals surface area contributed by atoms with Gasteiger partial charge in [-0.05, 0) is 23.3 Å². The van der Waals surface area contributed by atoms with E-state index in [0.29, 0.717) is 22.1 Å². The first-order chi connectivity index (χ1) is 13.1. The molecule has 0 saturated heterocycles. The van der Waals surface area contributed by atoms with Crippen LogP contribution in [0.4, 0.5) is 0 Å². The molecule has 4 rings (SSSR count). The third kappa shape index (κ3) is 3.15. The van der Waals surface area contributed by atoms with Gasteiger partial charge < -0.3 is 20.1 Å². The average molecular weight is 383 g/mol. The average Bonchev–Trinajstić information content (AvgIpc) is 3.11. The topological polar surface area (TPSA) is 64.8 Å². The quantitative estimate of drug-likeness (QED) is 0.874. The van der Waals surface area contributed by atoms with Gasteiger partial charge in [-0.25, -0.2) is 0 Å². The number of likely N-dealkylation sites (N-methyl/N-ethyl adjacent to an activating group) is 1. The van der Waals surface area contributed by atoms with Crippen molar-refractivity contribution < 1.29 is 14.3 Å². The zero-order chi connectivity index (χ0) is 19.0. The van der Waals surface area contributed by atoms with Crippen LogP contribution in [0.1, 0.15) is 23.1 Å². The number of carbonyl (C=O) groups is 1. The van der Waals surface area contributed by atoms with Crippen LogP contribution < -0.4 is 15.2 Å². The molecule has 2 aliphatic rings. The highest BCUT2D eigenvalue weighted by molar-refractivity contribution is 6.32. The summed E-state index contributed by atoms with van der Waals surface area (Å²) >= 11 is 6.46. The molecule has 0 saturated carbocycles. The van der Waals surface area contributed by atoms with E-state index in [0.717, 1.165) is 11.3 Å². The van der Waals surface area contributed by atoms with Crippen LogP contribution in [0.2, 0.25) is 5.02 Å². The van der Waals surface area contributed by atoms with E-state index in [2.05, 4.69) is 18.2 Å². The van der Waals surface area contributed by atoms with Crippen molar-refractivity contribution in [3.8, 4) is 11.5 Å². The molecule has 6 heteroatoms. The van der Waals surface area contributed by atoms with E-state index in [1.165, 1.54) is 0 Å². The van der Waals surface area contributed by atoms with E-state index < -0.39 is 11.8 Å². The first-order valence-corrected chi connectivity index (χ1v) is 8.98. The largest absolute Gasteiger partial charge is 0.454 e. The Morgan fingerprint density at radius 2 is 1.93 bits per heavy atom. The number of nitrogens with zero attached hydrogens (tertiary/aromatic N) is 1. The predicted molar refractivity (Wildman–Crippen MR) is 104 cm³/mol. The van der Waals surface area contributed by atoms with Gasteiger partial charge in [-0.2, -0.15) is 0 Å². The second kappa shape index (κ2) is 7.00. The van der Waals surface area contributed by atoms with Crippen LogP contribution in [0.5, 0.6) is 11.5 Å². The second-order valence-electron chi connectivity index (χ2n) is 6.51. The lowest BCUT2D eigenvalue weighted by molar-refractivity contribution is -0.119. The molecular weight excluding hydrogens is 364 g/mol. The molecule has 2 aromatic carbocycles. The summed E-state index contributed by atoms with van der Waals surface area (Å²) in [5.41, 5.74) is 8.31. The minimum atomic E-state index is -0.701. The summed E-state index contributed by atoms with van der Waals surface area (Å²) in [5, 5.41) is 0.420. The molecular formula is C21H19ClN2O3. The second-order valence-corrected chi connectivity index (χ2v) is 6.91. The zero-order valence-electron chi connectivity index (χ0n) is 14.8. The molecule has 1 amide bonds. The highest BCUT2D eigenvalue weighted by Gasteiger charge is 2.32. The highest BCUT2D eigenvalue weighted by atomic mass is 35.5. The van der Waals surface area contributed by atoms with E-state index in [1.54, 1.807) is 12.1 Å². The molecule has 0 spiro atoms. The number of rotatable bonds is 4. The van der Waals surface area contributed by atoms with Gasteiger partial charge in [-0.1, -0.05) is 54.1 Å². The number of ether oxygens (including phenoxy) is 2. The molecule has 2 unspecified atom stereocenters. The molecule has 0 aromatic heterocycles. The Bertz CT molecular complexity index is 940. The molecule has 0 radical (unpaired) electrons. The number of hydrogen-bond acceptors (Lipinski definition) is 4. The lowest BCUT2D eigenvalue weighted by atomic mass is 9.90. The van der Waals surface area contributed by atoms with Crippen LogP contribution in [0, 0.1) is 0 Å². The van der Waals surface area contributed by atoms with Crippen molar-refractivity contribution in [3.63, 3.8) is 0 Å². The van der Waals surface area contributed by atoms with Gasteiger partial charge in [0, 0.05) is 23.8 Å². The fourth-order valence-electron chi connectivity index (χ4n) is 3.56. The zero-order valence-corrected chi connectivity index (χ0v) is 15.5. The molecule has 5 nitrogen and oxygen atoms in total. The number of primary amides is 1. The monoisotopic (exact) mass is 382 g/mol. The summed E-state index contributed by atoms with van der Waals surface area (Å²) in [6, 6.07) is 13.5. The number of fused-ring (bicyclic) bond motifs is 1. The van der Waals surface area contributed by atoms with E-state index >= 15 is 0 Å². The summed E-state index contributed by atoms with van der Waals surface area (Å²) < 4.78 is 10.8. The van der Waals surface area contributed by atoms with Crippen molar-refractivity contribution >= 4 is 17.5 Å². The first-order valence-electron chi connectivity index (χ1n) is 8.61. The minimum absolute atomic E-state index is 0.000774. The van der Waals surface area contributed by atoms with Crippen molar-refractivity contribution in [2.24, 2.45) is 5.73 Å². The van der Waals surface area contributed by atoms with Gasteiger partial charge in [0.1, 0.15) is 5.92 Å².